The maximum atomic E-state index is 12.2. The van der Waals surface area contributed by atoms with Crippen molar-refractivity contribution < 1.29 is 4.79 Å². The number of amides is 1. The Bertz CT molecular complexity index is 287. The number of nitrogens with zero attached hydrogens (tertiary/aromatic N) is 1. The molecular formula is C14H27N3O. The monoisotopic (exact) mass is 253 g/mol. The van der Waals surface area contributed by atoms with Crippen LogP contribution < -0.4 is 11.1 Å². The van der Waals surface area contributed by atoms with Crippen LogP contribution in [-0.2, 0) is 4.79 Å². The second kappa shape index (κ2) is 6.02. The second-order valence-corrected chi connectivity index (χ2v) is 5.85. The van der Waals surface area contributed by atoms with Gasteiger partial charge in [-0.3, -0.25) is 9.69 Å². The van der Waals surface area contributed by atoms with Gasteiger partial charge >= 0.3 is 0 Å². The number of carbonyl (C=O) groups excluding carboxylic acids is 1. The average Bonchev–Trinajstić information content (AvgIpc) is 2.84. The molecule has 0 aromatic rings. The summed E-state index contributed by atoms with van der Waals surface area (Å²) in [5.74, 6) is 0.0742. The largest absolute Gasteiger partial charge is 0.353 e. The fourth-order valence-electron chi connectivity index (χ4n) is 3.34. The Morgan fingerprint density at radius 2 is 2.06 bits per heavy atom. The first-order chi connectivity index (χ1) is 8.65. The molecule has 1 heterocycles. The molecule has 4 heteroatoms. The number of nitrogens with two attached hydrogens (primary N) is 1. The number of likely N-dealkylation sites (N-methyl/N-ethyl adjacent to an activating group) is 1. The normalized spacial score (nSPS) is 28.2. The Morgan fingerprint density at radius 1 is 1.33 bits per heavy atom. The summed E-state index contributed by atoms with van der Waals surface area (Å²) in [7, 11) is 0. The highest BCUT2D eigenvalue weighted by molar-refractivity contribution is 5.86. The van der Waals surface area contributed by atoms with Crippen molar-refractivity contribution in [3.63, 3.8) is 0 Å². The minimum atomic E-state index is -0.589. The molecule has 1 aliphatic carbocycles. The first-order valence-corrected chi connectivity index (χ1v) is 7.47. The van der Waals surface area contributed by atoms with Crippen molar-refractivity contribution >= 4 is 5.91 Å². The van der Waals surface area contributed by atoms with E-state index >= 15 is 0 Å². The number of rotatable bonds is 4. The van der Waals surface area contributed by atoms with Crippen LogP contribution in [0, 0.1) is 0 Å². The van der Waals surface area contributed by atoms with Gasteiger partial charge in [0.2, 0.25) is 5.91 Å². The Morgan fingerprint density at radius 3 is 2.72 bits per heavy atom. The lowest BCUT2D eigenvalue weighted by atomic mass is 9.82. The first-order valence-electron chi connectivity index (χ1n) is 7.47. The molecule has 2 aliphatic rings. The van der Waals surface area contributed by atoms with E-state index in [0.29, 0.717) is 6.04 Å². The van der Waals surface area contributed by atoms with Gasteiger partial charge in [0.15, 0.2) is 0 Å². The molecule has 1 amide bonds. The van der Waals surface area contributed by atoms with Gasteiger partial charge in [-0.1, -0.05) is 26.2 Å². The molecule has 0 radical (unpaired) electrons. The van der Waals surface area contributed by atoms with E-state index in [4.69, 9.17) is 5.73 Å². The van der Waals surface area contributed by atoms with Gasteiger partial charge in [-0.2, -0.15) is 0 Å². The minimum Gasteiger partial charge on any atom is -0.353 e. The van der Waals surface area contributed by atoms with Crippen molar-refractivity contribution in [1.29, 1.82) is 0 Å². The van der Waals surface area contributed by atoms with Crippen molar-refractivity contribution in [3.8, 4) is 0 Å². The molecule has 1 atom stereocenters. The molecule has 1 aliphatic heterocycles. The van der Waals surface area contributed by atoms with E-state index < -0.39 is 5.54 Å². The second-order valence-electron chi connectivity index (χ2n) is 5.85. The van der Waals surface area contributed by atoms with Gasteiger partial charge in [0, 0.05) is 12.6 Å². The van der Waals surface area contributed by atoms with Crippen LogP contribution in [0.2, 0.25) is 0 Å². The Hall–Kier alpha value is -0.610. The number of likely N-dealkylation sites (tertiary alicyclic amines) is 1. The zero-order valence-electron chi connectivity index (χ0n) is 11.6. The molecule has 4 nitrogen and oxygen atoms in total. The van der Waals surface area contributed by atoms with Crippen molar-refractivity contribution in [2.75, 3.05) is 19.6 Å². The van der Waals surface area contributed by atoms with Gasteiger partial charge in [0.25, 0.3) is 0 Å². The van der Waals surface area contributed by atoms with E-state index in [1.54, 1.807) is 0 Å². The van der Waals surface area contributed by atoms with E-state index in [1.807, 2.05) is 0 Å². The summed E-state index contributed by atoms with van der Waals surface area (Å²) in [5.41, 5.74) is 5.64. The van der Waals surface area contributed by atoms with Crippen LogP contribution in [-0.4, -0.2) is 42.0 Å². The van der Waals surface area contributed by atoms with Crippen LogP contribution in [0.3, 0.4) is 0 Å². The van der Waals surface area contributed by atoms with Gasteiger partial charge in [-0.25, -0.2) is 0 Å². The topological polar surface area (TPSA) is 58.4 Å². The quantitative estimate of drug-likeness (QED) is 0.793. The summed E-state index contributed by atoms with van der Waals surface area (Å²) in [5, 5.41) is 3.09. The SMILES string of the molecule is CCN1CCCC1CNC(=O)C1(N)CCCCC1. The van der Waals surface area contributed by atoms with Crippen LogP contribution in [0.25, 0.3) is 0 Å². The predicted molar refractivity (Wildman–Crippen MR) is 73.3 cm³/mol. The molecule has 2 rings (SSSR count). The van der Waals surface area contributed by atoms with Crippen LogP contribution in [0.15, 0.2) is 0 Å². The summed E-state index contributed by atoms with van der Waals surface area (Å²) in [6.07, 6.45) is 7.55. The van der Waals surface area contributed by atoms with Crippen LogP contribution in [0.5, 0.6) is 0 Å². The summed E-state index contributed by atoms with van der Waals surface area (Å²) in [6, 6.07) is 0.520. The number of hydrogen-bond donors (Lipinski definition) is 2. The molecule has 0 aromatic heterocycles. The zero-order valence-corrected chi connectivity index (χ0v) is 11.6. The van der Waals surface area contributed by atoms with Crippen LogP contribution in [0.1, 0.15) is 51.9 Å². The Balaban J connectivity index is 1.80. The van der Waals surface area contributed by atoms with E-state index in [2.05, 4.69) is 17.1 Å². The maximum absolute atomic E-state index is 12.2. The standard InChI is InChI=1S/C14H27N3O/c1-2-17-10-6-7-12(17)11-16-13(18)14(15)8-4-3-5-9-14/h12H,2-11,15H2,1H3,(H,16,18). The Kier molecular flexibility index (Phi) is 4.62. The lowest BCUT2D eigenvalue weighted by Crippen LogP contribution is -2.56. The van der Waals surface area contributed by atoms with Gasteiger partial charge in [-0.15, -0.1) is 0 Å². The van der Waals surface area contributed by atoms with E-state index in [0.717, 1.165) is 38.8 Å². The molecule has 18 heavy (non-hydrogen) atoms. The molecule has 0 spiro atoms. The third-order valence-electron chi connectivity index (χ3n) is 4.60. The smallest absolute Gasteiger partial charge is 0.240 e. The van der Waals surface area contributed by atoms with Gasteiger partial charge in [-0.05, 0) is 38.8 Å². The van der Waals surface area contributed by atoms with Gasteiger partial charge < -0.3 is 11.1 Å². The van der Waals surface area contributed by atoms with Crippen molar-refractivity contribution in [2.45, 2.75) is 63.5 Å². The molecular weight excluding hydrogens is 226 g/mol. The molecule has 0 bridgehead atoms. The fraction of sp³-hybridized carbons (Fsp3) is 0.929. The van der Waals surface area contributed by atoms with Gasteiger partial charge in [0.1, 0.15) is 0 Å². The van der Waals surface area contributed by atoms with E-state index in [-0.39, 0.29) is 5.91 Å². The summed E-state index contributed by atoms with van der Waals surface area (Å²) >= 11 is 0. The molecule has 3 N–H and O–H groups in total. The predicted octanol–water partition coefficient (Wildman–Crippen LogP) is 1.25. The van der Waals surface area contributed by atoms with E-state index in [9.17, 15) is 4.79 Å². The Labute approximate surface area is 110 Å². The summed E-state index contributed by atoms with van der Waals surface area (Å²) in [6.45, 7) is 5.20. The van der Waals surface area contributed by atoms with Crippen molar-refractivity contribution in [2.24, 2.45) is 5.73 Å². The maximum Gasteiger partial charge on any atom is 0.240 e. The molecule has 1 unspecified atom stereocenters. The highest BCUT2D eigenvalue weighted by Crippen LogP contribution is 2.26. The highest BCUT2D eigenvalue weighted by atomic mass is 16.2. The molecule has 2 fully saturated rings. The lowest BCUT2D eigenvalue weighted by Gasteiger charge is -2.33. The average molecular weight is 253 g/mol. The third-order valence-corrected chi connectivity index (χ3v) is 4.60. The molecule has 0 aromatic carbocycles. The van der Waals surface area contributed by atoms with Crippen molar-refractivity contribution in [3.05, 3.63) is 0 Å². The van der Waals surface area contributed by atoms with Crippen LogP contribution in [0.4, 0.5) is 0 Å². The van der Waals surface area contributed by atoms with Crippen molar-refractivity contribution in [1.82, 2.24) is 10.2 Å². The first kappa shape index (κ1) is 13.8. The highest BCUT2D eigenvalue weighted by Gasteiger charge is 2.35. The molecule has 1 saturated heterocycles. The number of hydrogen-bond acceptors (Lipinski definition) is 3. The lowest BCUT2D eigenvalue weighted by molar-refractivity contribution is -0.127. The molecule has 104 valence electrons. The number of nitrogens with one attached hydrogen (secondary N) is 1. The van der Waals surface area contributed by atoms with Gasteiger partial charge in [0.05, 0.1) is 5.54 Å². The zero-order chi connectivity index (χ0) is 13.0. The van der Waals surface area contributed by atoms with Crippen LogP contribution >= 0.6 is 0 Å². The number of carbonyl (C=O) groups is 1. The third kappa shape index (κ3) is 3.04. The van der Waals surface area contributed by atoms with E-state index in [1.165, 1.54) is 25.8 Å². The summed E-state index contributed by atoms with van der Waals surface area (Å²) in [4.78, 5) is 14.7. The molecule has 1 saturated carbocycles. The minimum absolute atomic E-state index is 0.0742. The summed E-state index contributed by atoms with van der Waals surface area (Å²) < 4.78 is 0. The fourth-order valence-corrected chi connectivity index (χ4v) is 3.34.